The lowest BCUT2D eigenvalue weighted by Gasteiger charge is -2.05. The van der Waals surface area contributed by atoms with E-state index in [9.17, 15) is 4.79 Å². The van der Waals surface area contributed by atoms with E-state index in [1.54, 1.807) is 41.2 Å². The van der Waals surface area contributed by atoms with Gasteiger partial charge in [0, 0.05) is 10.0 Å². The molecule has 0 aliphatic carbocycles. The molecule has 0 bridgehead atoms. The molecule has 146 valence electrons. The normalized spacial score (nSPS) is 10.8. The van der Waals surface area contributed by atoms with E-state index in [0.29, 0.717) is 17.1 Å². The summed E-state index contributed by atoms with van der Waals surface area (Å²) in [5.41, 5.74) is 1.33. The van der Waals surface area contributed by atoms with Gasteiger partial charge in [0.05, 0.1) is 12.1 Å². The minimum absolute atomic E-state index is 0.396. The van der Waals surface area contributed by atoms with Crippen molar-refractivity contribution in [3.05, 3.63) is 58.6 Å². The molecule has 0 saturated carbocycles. The summed E-state index contributed by atoms with van der Waals surface area (Å²) in [7, 11) is 0. The van der Waals surface area contributed by atoms with E-state index in [4.69, 9.17) is 4.74 Å². The highest BCUT2D eigenvalue weighted by atomic mass is 79.9. The molecule has 0 unspecified atom stereocenters. The van der Waals surface area contributed by atoms with Crippen LogP contribution in [0.4, 0.5) is 0 Å². The van der Waals surface area contributed by atoms with E-state index < -0.39 is 5.97 Å². The first kappa shape index (κ1) is 20.2. The first-order valence-corrected chi connectivity index (χ1v) is 10.3. The van der Waals surface area contributed by atoms with Crippen LogP contribution >= 0.6 is 15.9 Å². The van der Waals surface area contributed by atoms with Crippen LogP contribution in [-0.2, 0) is 6.54 Å². The second-order valence-corrected chi connectivity index (χ2v) is 7.46. The van der Waals surface area contributed by atoms with Gasteiger partial charge in [-0.25, -0.2) is 4.79 Å². The van der Waals surface area contributed by atoms with Gasteiger partial charge in [-0.05, 0) is 60.2 Å². The molecule has 3 aromatic rings. The van der Waals surface area contributed by atoms with Gasteiger partial charge in [-0.1, -0.05) is 48.5 Å². The molecule has 3 rings (SSSR count). The number of aryl methyl sites for hydroxylation is 1. The van der Waals surface area contributed by atoms with E-state index in [-0.39, 0.29) is 0 Å². The Bertz CT molecular complexity index is 892. The fraction of sp³-hybridized carbons (Fsp3) is 0.333. The van der Waals surface area contributed by atoms with Gasteiger partial charge in [0.25, 0.3) is 0 Å². The van der Waals surface area contributed by atoms with Gasteiger partial charge in [0.2, 0.25) is 5.82 Å². The molecule has 7 heteroatoms. The third kappa shape index (κ3) is 5.73. The molecule has 6 nitrogen and oxygen atoms in total. The van der Waals surface area contributed by atoms with Crippen molar-refractivity contribution in [2.45, 2.75) is 45.6 Å². The summed E-state index contributed by atoms with van der Waals surface area (Å²) in [4.78, 5) is 13.8. The lowest BCUT2D eigenvalue weighted by Crippen LogP contribution is -2.08. The van der Waals surface area contributed by atoms with Crippen molar-refractivity contribution in [2.75, 3.05) is 0 Å². The van der Waals surface area contributed by atoms with Gasteiger partial charge in [-0.2, -0.15) is 4.80 Å². The van der Waals surface area contributed by atoms with Crippen LogP contribution in [0.3, 0.4) is 0 Å². The van der Waals surface area contributed by atoms with Crippen molar-refractivity contribution in [2.24, 2.45) is 0 Å². The van der Waals surface area contributed by atoms with E-state index in [1.807, 2.05) is 12.1 Å². The van der Waals surface area contributed by atoms with Crippen LogP contribution in [0.2, 0.25) is 0 Å². The number of tetrazole rings is 1. The number of hydrogen-bond donors (Lipinski definition) is 0. The van der Waals surface area contributed by atoms with Crippen LogP contribution in [0, 0.1) is 0 Å². The predicted octanol–water partition coefficient (Wildman–Crippen LogP) is 5.29. The summed E-state index contributed by atoms with van der Waals surface area (Å²) in [6, 6.07) is 14.2. The topological polar surface area (TPSA) is 69.9 Å². The fourth-order valence-corrected chi connectivity index (χ4v) is 3.00. The average Bonchev–Trinajstić information content (AvgIpc) is 3.18. The molecule has 0 N–H and O–H groups in total. The van der Waals surface area contributed by atoms with E-state index in [0.717, 1.165) is 23.0 Å². The molecule has 1 heterocycles. The maximum Gasteiger partial charge on any atom is 0.343 e. The number of hydrogen-bond acceptors (Lipinski definition) is 5. The van der Waals surface area contributed by atoms with E-state index in [1.165, 1.54) is 25.7 Å². The maximum atomic E-state index is 12.2. The van der Waals surface area contributed by atoms with Gasteiger partial charge in [-0.3, -0.25) is 0 Å². The van der Waals surface area contributed by atoms with Gasteiger partial charge in [-0.15, -0.1) is 10.2 Å². The number of unbranched alkanes of at least 4 members (excludes halogenated alkanes) is 4. The largest absolute Gasteiger partial charge is 0.423 e. The molecule has 0 spiro atoms. The number of carbonyl (C=O) groups is 1. The molecule has 0 atom stereocenters. The molecule has 0 fully saturated rings. The lowest BCUT2D eigenvalue weighted by atomic mass is 10.2. The summed E-state index contributed by atoms with van der Waals surface area (Å²) in [5, 5.41) is 12.7. The average molecular weight is 443 g/mol. The van der Waals surface area contributed by atoms with E-state index in [2.05, 4.69) is 38.3 Å². The first-order valence-electron chi connectivity index (χ1n) is 9.51. The first-order chi connectivity index (χ1) is 13.7. The summed E-state index contributed by atoms with van der Waals surface area (Å²) in [5.74, 6) is 0.645. The Labute approximate surface area is 173 Å². The number of benzene rings is 2. The second-order valence-electron chi connectivity index (χ2n) is 6.54. The zero-order valence-corrected chi connectivity index (χ0v) is 17.4. The molecule has 0 aliphatic rings. The predicted molar refractivity (Wildman–Crippen MR) is 111 cm³/mol. The van der Waals surface area contributed by atoms with Crippen molar-refractivity contribution in [1.29, 1.82) is 0 Å². The molecule has 1 aromatic heterocycles. The molecular formula is C21H23BrN4O2. The Morgan fingerprint density at radius 3 is 2.43 bits per heavy atom. The Hall–Kier alpha value is -2.54. The summed E-state index contributed by atoms with van der Waals surface area (Å²) < 4.78 is 6.32. The Morgan fingerprint density at radius 2 is 1.71 bits per heavy atom. The highest BCUT2D eigenvalue weighted by molar-refractivity contribution is 9.10. The number of aromatic nitrogens is 4. The highest BCUT2D eigenvalue weighted by Crippen LogP contribution is 2.20. The minimum Gasteiger partial charge on any atom is -0.423 e. The van der Waals surface area contributed by atoms with Crippen LogP contribution in [0.15, 0.2) is 53.0 Å². The number of halogens is 1. The van der Waals surface area contributed by atoms with Crippen molar-refractivity contribution >= 4 is 21.9 Å². The van der Waals surface area contributed by atoms with Crippen LogP contribution in [0.1, 0.15) is 49.4 Å². The smallest absolute Gasteiger partial charge is 0.343 e. The van der Waals surface area contributed by atoms with Crippen molar-refractivity contribution in [3.8, 4) is 17.1 Å². The van der Waals surface area contributed by atoms with Crippen molar-refractivity contribution in [1.82, 2.24) is 20.2 Å². The highest BCUT2D eigenvalue weighted by Gasteiger charge is 2.10. The van der Waals surface area contributed by atoms with Crippen LogP contribution < -0.4 is 4.74 Å². The molecule has 28 heavy (non-hydrogen) atoms. The Balaban J connectivity index is 1.55. The molecule has 0 radical (unpaired) electrons. The number of ether oxygens (including phenoxy) is 1. The summed E-state index contributed by atoms with van der Waals surface area (Å²) >= 11 is 3.35. The monoisotopic (exact) mass is 442 g/mol. The second kappa shape index (κ2) is 10.1. The third-order valence-corrected chi connectivity index (χ3v) is 4.85. The Kier molecular flexibility index (Phi) is 7.31. The number of nitrogens with zero attached hydrogens (tertiary/aromatic N) is 4. The SMILES string of the molecule is CCCCCCCn1nnc(-c2ccc(OC(=O)c3ccc(Br)cc3)cc2)n1. The number of rotatable bonds is 9. The van der Waals surface area contributed by atoms with E-state index >= 15 is 0 Å². The lowest BCUT2D eigenvalue weighted by molar-refractivity contribution is 0.0735. The molecule has 0 aliphatic heterocycles. The van der Waals surface area contributed by atoms with Crippen LogP contribution in [0.25, 0.3) is 11.4 Å². The zero-order valence-electron chi connectivity index (χ0n) is 15.8. The van der Waals surface area contributed by atoms with Gasteiger partial charge >= 0.3 is 5.97 Å². The van der Waals surface area contributed by atoms with Crippen LogP contribution in [-0.4, -0.2) is 26.2 Å². The molecule has 0 amide bonds. The third-order valence-electron chi connectivity index (χ3n) is 4.32. The van der Waals surface area contributed by atoms with Crippen molar-refractivity contribution in [3.63, 3.8) is 0 Å². The molecule has 0 saturated heterocycles. The standard InChI is InChI=1S/C21H23BrN4O2/c1-2-3-4-5-6-15-26-24-20(23-25-26)16-9-13-19(14-10-16)28-21(27)17-7-11-18(22)12-8-17/h7-14H,2-6,15H2,1H3. The molecular weight excluding hydrogens is 420 g/mol. The van der Waals surface area contributed by atoms with Crippen LogP contribution in [0.5, 0.6) is 5.75 Å². The van der Waals surface area contributed by atoms with Crippen molar-refractivity contribution < 1.29 is 9.53 Å². The zero-order chi connectivity index (χ0) is 19.8. The molecule has 2 aromatic carbocycles. The minimum atomic E-state index is -0.396. The van der Waals surface area contributed by atoms with Gasteiger partial charge in [0.1, 0.15) is 5.75 Å². The number of carbonyl (C=O) groups excluding carboxylic acids is 1. The summed E-state index contributed by atoms with van der Waals surface area (Å²) in [6.07, 6.45) is 6.00. The van der Waals surface area contributed by atoms with Gasteiger partial charge in [0.15, 0.2) is 0 Å². The van der Waals surface area contributed by atoms with Gasteiger partial charge < -0.3 is 4.74 Å². The maximum absolute atomic E-state index is 12.2. The Morgan fingerprint density at radius 1 is 1.00 bits per heavy atom. The summed E-state index contributed by atoms with van der Waals surface area (Å²) in [6.45, 7) is 2.98. The fourth-order valence-electron chi connectivity index (χ4n) is 2.73. The quantitative estimate of drug-likeness (QED) is 0.255. The number of esters is 1.